The van der Waals surface area contributed by atoms with E-state index in [1.54, 1.807) is 6.92 Å². The number of ether oxygens (including phenoxy) is 1. The number of aryl methyl sites for hydroxylation is 1. The molecule has 0 amide bonds. The zero-order valence-corrected chi connectivity index (χ0v) is 16.8. The van der Waals surface area contributed by atoms with Gasteiger partial charge in [0.15, 0.2) is 0 Å². The number of hydrogen-bond acceptors (Lipinski definition) is 7. The van der Waals surface area contributed by atoms with Gasteiger partial charge in [-0.1, -0.05) is 12.1 Å². The summed E-state index contributed by atoms with van der Waals surface area (Å²) in [5.41, 5.74) is 7.80. The second kappa shape index (κ2) is 8.14. The van der Waals surface area contributed by atoms with Crippen LogP contribution in [-0.4, -0.2) is 62.4 Å². The van der Waals surface area contributed by atoms with E-state index in [-0.39, 0.29) is 19.1 Å². The first-order valence-electron chi connectivity index (χ1n) is 9.33. The minimum atomic E-state index is -3.56. The smallest absolute Gasteiger partial charge is 0.324 e. The number of benzene rings is 1. The molecule has 2 saturated heterocycles. The SMILES string of the molecule is CCOC(=O)C1CC(S(=O)(=O)N2CCN(c3cccc(C)c3)C(C)C2)NN1. The second-order valence-corrected chi connectivity index (χ2v) is 9.22. The molecular formula is C18H28N4O4S. The standard InChI is InChI=1S/C18H28N4O4S/c1-4-26-18(23)16-11-17(20-19-16)27(24,25)21-8-9-22(14(3)12-21)15-7-5-6-13(2)10-15/h5-7,10,14,16-17,19-20H,4,8-9,11-12H2,1-3H3. The predicted molar refractivity (Wildman–Crippen MR) is 104 cm³/mol. The Morgan fingerprint density at radius 1 is 1.30 bits per heavy atom. The first-order valence-corrected chi connectivity index (χ1v) is 10.8. The average molecular weight is 397 g/mol. The van der Waals surface area contributed by atoms with E-state index in [4.69, 9.17) is 4.74 Å². The van der Waals surface area contributed by atoms with E-state index in [9.17, 15) is 13.2 Å². The lowest BCUT2D eigenvalue weighted by atomic mass is 10.1. The molecule has 3 unspecified atom stereocenters. The Morgan fingerprint density at radius 3 is 2.74 bits per heavy atom. The average Bonchev–Trinajstić information content (AvgIpc) is 3.13. The van der Waals surface area contributed by atoms with E-state index in [0.29, 0.717) is 19.6 Å². The highest BCUT2D eigenvalue weighted by atomic mass is 32.2. The molecule has 27 heavy (non-hydrogen) atoms. The molecule has 150 valence electrons. The number of nitrogens with one attached hydrogen (secondary N) is 2. The Balaban J connectivity index is 1.65. The summed E-state index contributed by atoms with van der Waals surface area (Å²) < 4.78 is 32.5. The van der Waals surface area contributed by atoms with Crippen LogP contribution in [0.1, 0.15) is 25.8 Å². The van der Waals surface area contributed by atoms with E-state index in [1.807, 2.05) is 26.0 Å². The fraction of sp³-hybridized carbons (Fsp3) is 0.611. The van der Waals surface area contributed by atoms with Crippen LogP contribution in [0.3, 0.4) is 0 Å². The first-order chi connectivity index (χ1) is 12.8. The number of anilines is 1. The van der Waals surface area contributed by atoms with Crippen LogP contribution in [0.25, 0.3) is 0 Å². The topological polar surface area (TPSA) is 91.0 Å². The number of carbonyl (C=O) groups is 1. The first kappa shape index (κ1) is 20.1. The number of piperazine rings is 1. The number of hydrogen-bond donors (Lipinski definition) is 2. The van der Waals surface area contributed by atoms with Crippen LogP contribution in [0, 0.1) is 6.92 Å². The van der Waals surface area contributed by atoms with Gasteiger partial charge in [0.25, 0.3) is 0 Å². The van der Waals surface area contributed by atoms with Crippen molar-refractivity contribution in [1.82, 2.24) is 15.2 Å². The van der Waals surface area contributed by atoms with Gasteiger partial charge < -0.3 is 9.64 Å². The largest absolute Gasteiger partial charge is 0.465 e. The lowest BCUT2D eigenvalue weighted by Gasteiger charge is -2.41. The molecule has 0 aromatic heterocycles. The molecule has 3 atom stereocenters. The van der Waals surface area contributed by atoms with Crippen molar-refractivity contribution >= 4 is 21.7 Å². The second-order valence-electron chi connectivity index (χ2n) is 7.10. The third kappa shape index (κ3) is 4.26. The van der Waals surface area contributed by atoms with Gasteiger partial charge in [0.2, 0.25) is 10.0 Å². The number of carbonyl (C=O) groups excluding carboxylic acids is 1. The number of nitrogens with zero attached hydrogens (tertiary/aromatic N) is 2. The third-order valence-electron chi connectivity index (χ3n) is 5.08. The molecule has 0 saturated carbocycles. The minimum Gasteiger partial charge on any atom is -0.465 e. The summed E-state index contributed by atoms with van der Waals surface area (Å²) >= 11 is 0. The number of hydrazine groups is 1. The molecule has 2 aliphatic rings. The van der Waals surface area contributed by atoms with Gasteiger partial charge in [0.05, 0.1) is 6.61 Å². The van der Waals surface area contributed by atoms with Crippen LogP contribution >= 0.6 is 0 Å². The van der Waals surface area contributed by atoms with Gasteiger partial charge >= 0.3 is 5.97 Å². The van der Waals surface area contributed by atoms with Crippen LogP contribution in [0.5, 0.6) is 0 Å². The number of esters is 1. The molecule has 0 bridgehead atoms. The van der Waals surface area contributed by atoms with Gasteiger partial charge in [-0.25, -0.2) is 19.3 Å². The van der Waals surface area contributed by atoms with Gasteiger partial charge in [0.1, 0.15) is 11.4 Å². The number of rotatable bonds is 5. The maximum absolute atomic E-state index is 13.0. The lowest BCUT2D eigenvalue weighted by molar-refractivity contribution is -0.145. The van der Waals surface area contributed by atoms with Gasteiger partial charge in [-0.05, 0) is 38.5 Å². The lowest BCUT2D eigenvalue weighted by Crippen LogP contribution is -2.56. The van der Waals surface area contributed by atoms with E-state index >= 15 is 0 Å². The summed E-state index contributed by atoms with van der Waals surface area (Å²) in [4.78, 5) is 14.1. The normalized spacial score (nSPS) is 26.9. The van der Waals surface area contributed by atoms with E-state index in [0.717, 1.165) is 5.69 Å². The molecule has 2 aliphatic heterocycles. The summed E-state index contributed by atoms with van der Waals surface area (Å²) in [7, 11) is -3.56. The zero-order valence-electron chi connectivity index (χ0n) is 16.0. The van der Waals surface area contributed by atoms with Crippen molar-refractivity contribution in [2.75, 3.05) is 31.1 Å². The molecule has 0 aliphatic carbocycles. The van der Waals surface area contributed by atoms with Gasteiger partial charge in [-0.15, -0.1) is 0 Å². The van der Waals surface area contributed by atoms with Crippen molar-refractivity contribution in [3.63, 3.8) is 0 Å². The Bertz CT molecular complexity index is 785. The van der Waals surface area contributed by atoms with Crippen LogP contribution in [0.2, 0.25) is 0 Å². The van der Waals surface area contributed by atoms with E-state index in [1.165, 1.54) is 9.87 Å². The molecule has 8 nitrogen and oxygen atoms in total. The highest BCUT2D eigenvalue weighted by Gasteiger charge is 2.42. The highest BCUT2D eigenvalue weighted by molar-refractivity contribution is 7.89. The van der Waals surface area contributed by atoms with Crippen molar-refractivity contribution in [2.45, 2.75) is 44.6 Å². The molecule has 9 heteroatoms. The van der Waals surface area contributed by atoms with Crippen molar-refractivity contribution in [1.29, 1.82) is 0 Å². The molecule has 2 N–H and O–H groups in total. The molecule has 2 fully saturated rings. The molecule has 1 aromatic rings. The fourth-order valence-electron chi connectivity index (χ4n) is 3.65. The van der Waals surface area contributed by atoms with Crippen LogP contribution < -0.4 is 15.8 Å². The molecule has 3 rings (SSSR count). The van der Waals surface area contributed by atoms with Gasteiger partial charge in [0, 0.05) is 37.8 Å². The maximum Gasteiger partial charge on any atom is 0.324 e. The highest BCUT2D eigenvalue weighted by Crippen LogP contribution is 2.25. The Kier molecular flexibility index (Phi) is 6.05. The fourth-order valence-corrected chi connectivity index (χ4v) is 5.42. The quantitative estimate of drug-likeness (QED) is 0.704. The summed E-state index contributed by atoms with van der Waals surface area (Å²) in [5, 5.41) is -0.829. The molecule has 1 aromatic carbocycles. The van der Waals surface area contributed by atoms with Gasteiger partial charge in [-0.3, -0.25) is 4.79 Å². The summed E-state index contributed by atoms with van der Waals surface area (Å²) in [6.45, 7) is 7.54. The van der Waals surface area contributed by atoms with Gasteiger partial charge in [-0.2, -0.15) is 4.31 Å². The van der Waals surface area contributed by atoms with Crippen molar-refractivity contribution in [3.8, 4) is 0 Å². The Hall–Kier alpha value is -1.68. The summed E-state index contributed by atoms with van der Waals surface area (Å²) in [5.74, 6) is -0.430. The van der Waals surface area contributed by atoms with Crippen molar-refractivity contribution in [2.24, 2.45) is 0 Å². The predicted octanol–water partition coefficient (Wildman–Crippen LogP) is 0.591. The minimum absolute atomic E-state index is 0.0607. The van der Waals surface area contributed by atoms with Crippen LogP contribution in [-0.2, 0) is 19.6 Å². The molecule has 2 heterocycles. The zero-order chi connectivity index (χ0) is 19.6. The monoisotopic (exact) mass is 396 g/mol. The number of sulfonamides is 1. The molecule has 0 spiro atoms. The Labute approximate surface area is 160 Å². The third-order valence-corrected chi connectivity index (χ3v) is 7.16. The van der Waals surface area contributed by atoms with Crippen molar-refractivity contribution in [3.05, 3.63) is 29.8 Å². The maximum atomic E-state index is 13.0. The molecular weight excluding hydrogens is 368 g/mol. The van der Waals surface area contributed by atoms with Crippen LogP contribution in [0.4, 0.5) is 5.69 Å². The summed E-state index contributed by atoms with van der Waals surface area (Å²) in [6.07, 6.45) is 0.160. The van der Waals surface area contributed by atoms with Crippen LogP contribution in [0.15, 0.2) is 24.3 Å². The summed E-state index contributed by atoms with van der Waals surface area (Å²) in [6, 6.07) is 7.66. The molecule has 0 radical (unpaired) electrons. The van der Waals surface area contributed by atoms with Crippen molar-refractivity contribution < 1.29 is 17.9 Å². The van der Waals surface area contributed by atoms with E-state index in [2.05, 4.69) is 27.9 Å². The van der Waals surface area contributed by atoms with E-state index < -0.39 is 27.4 Å². The Morgan fingerprint density at radius 2 is 2.07 bits per heavy atom.